The van der Waals surface area contributed by atoms with Gasteiger partial charge in [-0.1, -0.05) is 25.1 Å². The standard InChI is InChI=1S/C13H17FN2O3/c1-2-12(18)16-8-13(19)15-7-11(17)9-5-3-4-6-10(9)14/h3-6,11,17H,2,7-8H2,1H3,(H,15,19)(H,16,18). The van der Waals surface area contributed by atoms with E-state index in [0.29, 0.717) is 6.42 Å². The van der Waals surface area contributed by atoms with Gasteiger partial charge in [0.25, 0.3) is 0 Å². The molecule has 0 aliphatic carbocycles. The molecule has 0 heterocycles. The first-order chi connectivity index (χ1) is 9.04. The monoisotopic (exact) mass is 268 g/mol. The number of aliphatic hydroxyl groups is 1. The zero-order valence-electron chi connectivity index (χ0n) is 10.6. The first-order valence-corrected chi connectivity index (χ1v) is 6.00. The van der Waals surface area contributed by atoms with Crippen LogP contribution in [0.3, 0.4) is 0 Å². The number of halogens is 1. The van der Waals surface area contributed by atoms with Gasteiger partial charge in [-0.25, -0.2) is 4.39 Å². The molecule has 0 spiro atoms. The van der Waals surface area contributed by atoms with Gasteiger partial charge in [-0.15, -0.1) is 0 Å². The molecule has 2 amide bonds. The molecule has 0 fully saturated rings. The van der Waals surface area contributed by atoms with Crippen molar-refractivity contribution in [2.45, 2.75) is 19.4 Å². The van der Waals surface area contributed by atoms with Gasteiger partial charge in [0.2, 0.25) is 11.8 Å². The average Bonchev–Trinajstić information content (AvgIpc) is 2.42. The third-order valence-electron chi connectivity index (χ3n) is 2.52. The topological polar surface area (TPSA) is 78.4 Å². The van der Waals surface area contributed by atoms with Crippen molar-refractivity contribution in [2.24, 2.45) is 0 Å². The van der Waals surface area contributed by atoms with Crippen LogP contribution in [0.25, 0.3) is 0 Å². The summed E-state index contributed by atoms with van der Waals surface area (Å²) < 4.78 is 13.3. The van der Waals surface area contributed by atoms with Gasteiger partial charge in [-0.3, -0.25) is 9.59 Å². The third kappa shape index (κ3) is 5.05. The highest BCUT2D eigenvalue weighted by molar-refractivity contribution is 5.84. The van der Waals surface area contributed by atoms with Crippen LogP contribution in [0, 0.1) is 5.82 Å². The van der Waals surface area contributed by atoms with Gasteiger partial charge in [0.1, 0.15) is 5.82 Å². The summed E-state index contributed by atoms with van der Waals surface area (Å²) in [5.74, 6) is -1.19. The zero-order chi connectivity index (χ0) is 14.3. The van der Waals surface area contributed by atoms with E-state index >= 15 is 0 Å². The molecule has 0 aliphatic rings. The highest BCUT2D eigenvalue weighted by Gasteiger charge is 2.13. The Labute approximate surface area is 110 Å². The summed E-state index contributed by atoms with van der Waals surface area (Å²) in [4.78, 5) is 22.3. The van der Waals surface area contributed by atoms with Crippen LogP contribution in [0.15, 0.2) is 24.3 Å². The molecule has 19 heavy (non-hydrogen) atoms. The fourth-order valence-electron chi connectivity index (χ4n) is 1.43. The Morgan fingerprint density at radius 3 is 2.58 bits per heavy atom. The Kier molecular flexibility index (Phi) is 5.95. The molecule has 6 heteroatoms. The van der Waals surface area contributed by atoms with Crippen LogP contribution in [0.5, 0.6) is 0 Å². The highest BCUT2D eigenvalue weighted by Crippen LogP contribution is 2.15. The number of nitrogens with one attached hydrogen (secondary N) is 2. The first kappa shape index (κ1) is 15.1. The van der Waals surface area contributed by atoms with Crippen LogP contribution in [-0.2, 0) is 9.59 Å². The first-order valence-electron chi connectivity index (χ1n) is 6.00. The number of rotatable bonds is 6. The molecular weight excluding hydrogens is 251 g/mol. The van der Waals surface area contributed by atoms with Gasteiger partial charge < -0.3 is 15.7 Å². The molecule has 104 valence electrons. The molecule has 3 N–H and O–H groups in total. The molecule has 1 aromatic rings. The molecule has 1 rings (SSSR count). The van der Waals surface area contributed by atoms with Gasteiger partial charge >= 0.3 is 0 Å². The number of amides is 2. The maximum absolute atomic E-state index is 13.3. The molecule has 0 aliphatic heterocycles. The van der Waals surface area contributed by atoms with E-state index in [-0.39, 0.29) is 24.6 Å². The predicted octanol–water partition coefficient (Wildman–Crippen LogP) is 0.502. The lowest BCUT2D eigenvalue weighted by atomic mass is 10.1. The van der Waals surface area contributed by atoms with Crippen LogP contribution < -0.4 is 10.6 Å². The zero-order valence-corrected chi connectivity index (χ0v) is 10.6. The fourth-order valence-corrected chi connectivity index (χ4v) is 1.43. The smallest absolute Gasteiger partial charge is 0.239 e. The van der Waals surface area contributed by atoms with Crippen LogP contribution in [0.2, 0.25) is 0 Å². The second-order valence-electron chi connectivity index (χ2n) is 3.97. The number of carbonyl (C=O) groups excluding carboxylic acids is 2. The molecule has 1 unspecified atom stereocenters. The average molecular weight is 268 g/mol. The highest BCUT2D eigenvalue weighted by atomic mass is 19.1. The van der Waals surface area contributed by atoms with E-state index in [2.05, 4.69) is 10.6 Å². The minimum absolute atomic E-state index is 0.109. The number of hydrogen-bond donors (Lipinski definition) is 3. The summed E-state index contributed by atoms with van der Waals surface area (Å²) in [7, 11) is 0. The van der Waals surface area contributed by atoms with Gasteiger partial charge in [-0.2, -0.15) is 0 Å². The van der Waals surface area contributed by atoms with Crippen molar-refractivity contribution in [1.29, 1.82) is 0 Å². The Morgan fingerprint density at radius 1 is 1.26 bits per heavy atom. The minimum atomic E-state index is -1.12. The van der Waals surface area contributed by atoms with Crippen molar-refractivity contribution in [3.05, 3.63) is 35.6 Å². The summed E-state index contributed by atoms with van der Waals surface area (Å²) in [6.45, 7) is 1.41. The van der Waals surface area contributed by atoms with Gasteiger partial charge in [0.15, 0.2) is 0 Å². The number of hydrogen-bond acceptors (Lipinski definition) is 3. The maximum atomic E-state index is 13.3. The summed E-state index contributed by atoms with van der Waals surface area (Å²) in [5.41, 5.74) is 0.125. The summed E-state index contributed by atoms with van der Waals surface area (Å²) in [6.07, 6.45) is -0.822. The second-order valence-corrected chi connectivity index (χ2v) is 3.97. The largest absolute Gasteiger partial charge is 0.386 e. The summed E-state index contributed by atoms with van der Waals surface area (Å²) >= 11 is 0. The van der Waals surface area contributed by atoms with E-state index in [0.717, 1.165) is 0 Å². The van der Waals surface area contributed by atoms with Crippen molar-refractivity contribution in [3.63, 3.8) is 0 Å². The lowest BCUT2D eigenvalue weighted by molar-refractivity contribution is -0.126. The molecule has 5 nitrogen and oxygen atoms in total. The van der Waals surface area contributed by atoms with E-state index in [1.54, 1.807) is 13.0 Å². The van der Waals surface area contributed by atoms with E-state index in [1.807, 2.05) is 0 Å². The van der Waals surface area contributed by atoms with Crippen molar-refractivity contribution < 1.29 is 19.1 Å². The van der Waals surface area contributed by atoms with Crippen LogP contribution in [0.1, 0.15) is 25.0 Å². The van der Waals surface area contributed by atoms with Crippen molar-refractivity contribution in [3.8, 4) is 0 Å². The van der Waals surface area contributed by atoms with E-state index in [1.165, 1.54) is 18.2 Å². The molecule has 0 saturated heterocycles. The third-order valence-corrected chi connectivity index (χ3v) is 2.52. The molecule has 1 atom stereocenters. The van der Waals surface area contributed by atoms with E-state index in [9.17, 15) is 19.1 Å². The Bertz CT molecular complexity index is 451. The van der Waals surface area contributed by atoms with Gasteiger partial charge in [-0.05, 0) is 6.07 Å². The van der Waals surface area contributed by atoms with Crippen LogP contribution >= 0.6 is 0 Å². The van der Waals surface area contributed by atoms with Gasteiger partial charge in [0, 0.05) is 18.5 Å². The normalized spacial score (nSPS) is 11.7. The Balaban J connectivity index is 2.38. The number of aliphatic hydroxyl groups excluding tert-OH is 1. The quantitative estimate of drug-likeness (QED) is 0.703. The maximum Gasteiger partial charge on any atom is 0.239 e. The van der Waals surface area contributed by atoms with Crippen molar-refractivity contribution in [2.75, 3.05) is 13.1 Å². The molecule has 0 saturated carbocycles. The predicted molar refractivity (Wildman–Crippen MR) is 67.7 cm³/mol. The van der Waals surface area contributed by atoms with Crippen LogP contribution in [-0.4, -0.2) is 30.0 Å². The summed E-state index contributed by atoms with van der Waals surface area (Å²) in [6, 6.07) is 5.81. The summed E-state index contributed by atoms with van der Waals surface area (Å²) in [5, 5.41) is 14.5. The Hall–Kier alpha value is -1.95. The molecule has 0 aromatic heterocycles. The molecule has 1 aromatic carbocycles. The lowest BCUT2D eigenvalue weighted by Gasteiger charge is -2.13. The SMILES string of the molecule is CCC(=O)NCC(=O)NCC(O)c1ccccc1F. The molecule has 0 bridgehead atoms. The van der Waals surface area contributed by atoms with Crippen LogP contribution in [0.4, 0.5) is 4.39 Å². The van der Waals surface area contributed by atoms with E-state index < -0.39 is 17.8 Å². The van der Waals surface area contributed by atoms with Gasteiger partial charge in [0.05, 0.1) is 12.6 Å². The second kappa shape index (κ2) is 7.48. The number of carbonyl (C=O) groups is 2. The molecular formula is C13H17FN2O3. The number of benzene rings is 1. The minimum Gasteiger partial charge on any atom is -0.386 e. The van der Waals surface area contributed by atoms with E-state index in [4.69, 9.17) is 0 Å². The van der Waals surface area contributed by atoms with Crippen molar-refractivity contribution >= 4 is 11.8 Å². The van der Waals surface area contributed by atoms with Crippen molar-refractivity contribution in [1.82, 2.24) is 10.6 Å². The fraction of sp³-hybridized carbons (Fsp3) is 0.385. The Morgan fingerprint density at radius 2 is 1.95 bits per heavy atom. The molecule has 0 radical (unpaired) electrons. The lowest BCUT2D eigenvalue weighted by Crippen LogP contribution is -2.38.